The summed E-state index contributed by atoms with van der Waals surface area (Å²) in [4.78, 5) is 16.7. The van der Waals surface area contributed by atoms with Gasteiger partial charge >= 0.3 is 11.8 Å². The first-order chi connectivity index (χ1) is 15.1. The topological polar surface area (TPSA) is 107 Å². The number of piperidine rings is 1. The normalized spacial score (nSPS) is 22.9. The SMILES string of the molecule is O=[N+]([O-])c1cn2c(n1)OCC(OCc1ccc(CN3CCC4(CC3)NCCN4)cc1)C2. The standard InChI is InChI=1S/C21H28N6O4/c28-27(29)19-13-26-12-18(15-31-20(26)24-19)30-14-17-3-1-16(2-4-17)11-25-9-5-21(6-10-25)22-7-8-23-21/h1-4,13,18,22-23H,5-12,14-15H2. The molecular formula is C21H28N6O4. The van der Waals surface area contributed by atoms with Gasteiger partial charge in [-0.1, -0.05) is 24.3 Å². The lowest BCUT2D eigenvalue weighted by Crippen LogP contribution is -2.56. The van der Waals surface area contributed by atoms with Crippen LogP contribution in [0.25, 0.3) is 0 Å². The van der Waals surface area contributed by atoms with E-state index >= 15 is 0 Å². The molecule has 1 aromatic heterocycles. The van der Waals surface area contributed by atoms with E-state index in [1.54, 1.807) is 4.57 Å². The van der Waals surface area contributed by atoms with Crippen molar-refractivity contribution < 1.29 is 14.4 Å². The number of likely N-dealkylation sites (tertiary alicyclic amines) is 1. The number of nitro groups is 1. The summed E-state index contributed by atoms with van der Waals surface area (Å²) in [5.41, 5.74) is 2.58. The Balaban J connectivity index is 1.09. The minimum Gasteiger partial charge on any atom is -0.443 e. The molecule has 0 radical (unpaired) electrons. The zero-order chi connectivity index (χ0) is 21.3. The van der Waals surface area contributed by atoms with Crippen LogP contribution in [0.1, 0.15) is 24.0 Å². The van der Waals surface area contributed by atoms with Gasteiger partial charge in [0.1, 0.15) is 18.9 Å². The Labute approximate surface area is 180 Å². The third-order valence-corrected chi connectivity index (χ3v) is 6.39. The Morgan fingerprint density at radius 1 is 1.19 bits per heavy atom. The molecule has 0 aliphatic carbocycles. The number of nitrogens with zero attached hydrogens (tertiary/aromatic N) is 4. The van der Waals surface area contributed by atoms with Gasteiger partial charge in [-0.3, -0.25) is 20.1 Å². The highest BCUT2D eigenvalue weighted by Crippen LogP contribution is 2.24. The van der Waals surface area contributed by atoms with Crippen LogP contribution in [0.4, 0.5) is 5.82 Å². The van der Waals surface area contributed by atoms with Crippen LogP contribution < -0.4 is 15.4 Å². The lowest BCUT2D eigenvalue weighted by atomic mass is 9.97. The second kappa shape index (κ2) is 8.54. The maximum Gasteiger partial charge on any atom is 0.414 e. The van der Waals surface area contributed by atoms with Gasteiger partial charge in [-0.25, -0.2) is 0 Å². The molecule has 1 aromatic carbocycles. The van der Waals surface area contributed by atoms with E-state index in [2.05, 4.69) is 44.8 Å². The number of fused-ring (bicyclic) bond motifs is 1. The number of nitrogens with one attached hydrogen (secondary N) is 2. The first kappa shape index (κ1) is 20.4. The van der Waals surface area contributed by atoms with Crippen LogP contribution in [0.2, 0.25) is 0 Å². The zero-order valence-electron chi connectivity index (χ0n) is 17.5. The summed E-state index contributed by atoms with van der Waals surface area (Å²) in [6, 6.07) is 8.84. The van der Waals surface area contributed by atoms with E-state index < -0.39 is 4.92 Å². The van der Waals surface area contributed by atoms with Gasteiger partial charge in [-0.15, -0.1) is 0 Å². The minimum absolute atomic E-state index is 0.167. The predicted molar refractivity (Wildman–Crippen MR) is 113 cm³/mol. The summed E-state index contributed by atoms with van der Waals surface area (Å²) in [7, 11) is 0. The van der Waals surface area contributed by atoms with Crippen LogP contribution in [0.3, 0.4) is 0 Å². The highest BCUT2D eigenvalue weighted by Gasteiger charge is 2.36. The van der Waals surface area contributed by atoms with Crippen LogP contribution in [0, 0.1) is 10.1 Å². The van der Waals surface area contributed by atoms with Crippen molar-refractivity contribution in [2.75, 3.05) is 32.8 Å². The molecule has 0 saturated carbocycles. The first-order valence-electron chi connectivity index (χ1n) is 10.8. The van der Waals surface area contributed by atoms with Crippen LogP contribution in [-0.4, -0.2) is 63.9 Å². The maximum absolute atomic E-state index is 10.9. The first-order valence-corrected chi connectivity index (χ1v) is 10.8. The number of ether oxygens (including phenoxy) is 2. The van der Waals surface area contributed by atoms with Crippen LogP contribution in [0.5, 0.6) is 6.01 Å². The number of imidazole rings is 1. The molecule has 2 aromatic rings. The Morgan fingerprint density at radius 3 is 2.61 bits per heavy atom. The fourth-order valence-corrected chi connectivity index (χ4v) is 4.59. The van der Waals surface area contributed by atoms with Crippen molar-refractivity contribution in [2.45, 2.75) is 44.3 Å². The van der Waals surface area contributed by atoms with Crippen molar-refractivity contribution in [3.63, 3.8) is 0 Å². The molecule has 5 rings (SSSR count). The molecule has 2 N–H and O–H groups in total. The van der Waals surface area contributed by atoms with Crippen molar-refractivity contribution in [1.82, 2.24) is 25.1 Å². The molecule has 0 amide bonds. The fraction of sp³-hybridized carbons (Fsp3) is 0.571. The number of rotatable bonds is 6. The van der Waals surface area contributed by atoms with Crippen LogP contribution in [-0.2, 0) is 24.4 Å². The van der Waals surface area contributed by atoms with Gasteiger partial charge in [0.15, 0.2) is 0 Å². The Morgan fingerprint density at radius 2 is 1.90 bits per heavy atom. The predicted octanol–water partition coefficient (Wildman–Crippen LogP) is 1.25. The summed E-state index contributed by atoms with van der Waals surface area (Å²) >= 11 is 0. The molecule has 3 aliphatic heterocycles. The van der Waals surface area contributed by atoms with E-state index in [4.69, 9.17) is 9.47 Å². The number of aromatic nitrogens is 2. The molecule has 3 aliphatic rings. The largest absolute Gasteiger partial charge is 0.443 e. The van der Waals surface area contributed by atoms with Crippen molar-refractivity contribution >= 4 is 5.82 Å². The van der Waals surface area contributed by atoms with Gasteiger partial charge in [0.05, 0.1) is 18.8 Å². The lowest BCUT2D eigenvalue weighted by molar-refractivity contribution is -0.389. The Kier molecular flexibility index (Phi) is 5.61. The number of hydrogen-bond donors (Lipinski definition) is 2. The van der Waals surface area contributed by atoms with Crippen molar-refractivity contribution in [1.29, 1.82) is 0 Å². The average molecular weight is 428 g/mol. The molecule has 10 nitrogen and oxygen atoms in total. The second-order valence-electron chi connectivity index (χ2n) is 8.56. The van der Waals surface area contributed by atoms with Gasteiger partial charge in [0.2, 0.25) is 0 Å². The Bertz CT molecular complexity index is 914. The average Bonchev–Trinajstić information content (AvgIpc) is 3.42. The summed E-state index contributed by atoms with van der Waals surface area (Å²) < 4.78 is 13.1. The van der Waals surface area contributed by atoms with E-state index in [-0.39, 0.29) is 23.6 Å². The fourth-order valence-electron chi connectivity index (χ4n) is 4.59. The zero-order valence-corrected chi connectivity index (χ0v) is 17.5. The van der Waals surface area contributed by atoms with Gasteiger partial charge in [-0.05, 0) is 28.9 Å². The highest BCUT2D eigenvalue weighted by molar-refractivity contribution is 5.23. The maximum atomic E-state index is 10.9. The van der Waals surface area contributed by atoms with Crippen molar-refractivity contribution in [2.24, 2.45) is 0 Å². The molecule has 1 atom stereocenters. The second-order valence-corrected chi connectivity index (χ2v) is 8.56. The minimum atomic E-state index is -0.517. The van der Waals surface area contributed by atoms with E-state index in [0.29, 0.717) is 19.8 Å². The third-order valence-electron chi connectivity index (χ3n) is 6.39. The quantitative estimate of drug-likeness (QED) is 0.523. The summed E-state index contributed by atoms with van der Waals surface area (Å²) in [5.74, 6) is -0.203. The van der Waals surface area contributed by atoms with E-state index in [0.717, 1.165) is 51.1 Å². The van der Waals surface area contributed by atoms with E-state index in [1.165, 1.54) is 11.8 Å². The van der Waals surface area contributed by atoms with Crippen LogP contribution >= 0.6 is 0 Å². The van der Waals surface area contributed by atoms with E-state index in [1.807, 2.05) is 0 Å². The number of hydrogen-bond acceptors (Lipinski definition) is 8. The van der Waals surface area contributed by atoms with Gasteiger partial charge in [-0.2, -0.15) is 0 Å². The highest BCUT2D eigenvalue weighted by atomic mass is 16.6. The van der Waals surface area contributed by atoms with Crippen molar-refractivity contribution in [3.05, 3.63) is 51.7 Å². The monoisotopic (exact) mass is 428 g/mol. The molecule has 2 saturated heterocycles. The molecule has 0 bridgehead atoms. The molecule has 10 heteroatoms. The summed E-state index contributed by atoms with van der Waals surface area (Å²) in [6.45, 7) is 6.61. The summed E-state index contributed by atoms with van der Waals surface area (Å²) in [6.07, 6.45) is 3.51. The molecular weight excluding hydrogens is 400 g/mol. The molecule has 2 fully saturated rings. The number of benzene rings is 1. The van der Waals surface area contributed by atoms with E-state index in [9.17, 15) is 10.1 Å². The third kappa shape index (κ3) is 4.57. The van der Waals surface area contributed by atoms with Crippen LogP contribution in [0.15, 0.2) is 30.5 Å². The molecule has 166 valence electrons. The van der Waals surface area contributed by atoms with Gasteiger partial charge in [0.25, 0.3) is 0 Å². The Hall–Kier alpha value is -2.53. The summed E-state index contributed by atoms with van der Waals surface area (Å²) in [5, 5.41) is 18.1. The molecule has 4 heterocycles. The molecule has 1 spiro atoms. The molecule has 31 heavy (non-hydrogen) atoms. The smallest absolute Gasteiger partial charge is 0.414 e. The lowest BCUT2D eigenvalue weighted by Gasteiger charge is -2.39. The van der Waals surface area contributed by atoms with Gasteiger partial charge in [0, 0.05) is 37.7 Å². The molecule has 1 unspecified atom stereocenters. The van der Waals surface area contributed by atoms with Crippen molar-refractivity contribution in [3.8, 4) is 6.01 Å². The van der Waals surface area contributed by atoms with Gasteiger partial charge < -0.3 is 19.6 Å².